The zero-order valence-corrected chi connectivity index (χ0v) is 12.9. The van der Waals surface area contributed by atoms with Crippen molar-refractivity contribution >= 4 is 11.6 Å². The van der Waals surface area contributed by atoms with Gasteiger partial charge in [-0.3, -0.25) is 0 Å². The van der Waals surface area contributed by atoms with Gasteiger partial charge in [0.2, 0.25) is 0 Å². The van der Waals surface area contributed by atoms with E-state index in [1.165, 1.54) is 32.4 Å². The normalized spacial score (nSPS) is 18.0. The summed E-state index contributed by atoms with van der Waals surface area (Å²) < 4.78 is 1.76. The minimum Gasteiger partial charge on any atom is -0.370 e. The van der Waals surface area contributed by atoms with E-state index in [1.54, 1.807) is 10.8 Å². The number of piperidine rings is 1. The summed E-state index contributed by atoms with van der Waals surface area (Å²) in [6, 6.07) is 2.02. The van der Waals surface area contributed by atoms with E-state index in [1.807, 2.05) is 13.0 Å². The summed E-state index contributed by atoms with van der Waals surface area (Å²) in [4.78, 5) is 11.1. The molecule has 6 heteroatoms. The molecule has 3 rings (SSSR count). The fourth-order valence-electron chi connectivity index (χ4n) is 2.98. The Hall–Kier alpha value is -1.69. The number of aryl methyl sites for hydroxylation is 1. The van der Waals surface area contributed by atoms with Gasteiger partial charge in [0.15, 0.2) is 0 Å². The van der Waals surface area contributed by atoms with Gasteiger partial charge in [-0.25, -0.2) is 4.98 Å². The van der Waals surface area contributed by atoms with Crippen LogP contribution in [0, 0.1) is 12.8 Å². The van der Waals surface area contributed by atoms with E-state index in [2.05, 4.69) is 32.2 Å². The van der Waals surface area contributed by atoms with E-state index in [-0.39, 0.29) is 0 Å². The van der Waals surface area contributed by atoms with E-state index in [9.17, 15) is 0 Å². The SMILES string of the molecule is Cc1cc(NCC(C)CN2CCCCC2)n2ncnc2n1. The molecule has 114 valence electrons. The summed E-state index contributed by atoms with van der Waals surface area (Å²) >= 11 is 0. The van der Waals surface area contributed by atoms with Gasteiger partial charge in [-0.1, -0.05) is 13.3 Å². The van der Waals surface area contributed by atoms with Gasteiger partial charge in [-0.15, -0.1) is 0 Å². The smallest absolute Gasteiger partial charge is 0.254 e. The zero-order chi connectivity index (χ0) is 14.7. The summed E-state index contributed by atoms with van der Waals surface area (Å²) in [7, 11) is 0. The number of likely N-dealkylation sites (tertiary alicyclic amines) is 1. The molecule has 2 aromatic rings. The van der Waals surface area contributed by atoms with Crippen LogP contribution in [0.2, 0.25) is 0 Å². The molecule has 1 unspecified atom stereocenters. The highest BCUT2D eigenvalue weighted by molar-refractivity contribution is 5.44. The van der Waals surface area contributed by atoms with Crippen molar-refractivity contribution in [2.75, 3.05) is 31.5 Å². The Kier molecular flexibility index (Phi) is 4.34. The van der Waals surface area contributed by atoms with Gasteiger partial charge in [0.25, 0.3) is 5.78 Å². The highest BCUT2D eigenvalue weighted by atomic mass is 15.3. The lowest BCUT2D eigenvalue weighted by molar-refractivity contribution is 0.204. The largest absolute Gasteiger partial charge is 0.370 e. The molecule has 0 aliphatic carbocycles. The molecule has 1 atom stereocenters. The number of hydrogen-bond donors (Lipinski definition) is 1. The average Bonchev–Trinajstić information content (AvgIpc) is 2.94. The Labute approximate surface area is 125 Å². The second kappa shape index (κ2) is 6.39. The number of nitrogens with zero attached hydrogens (tertiary/aromatic N) is 5. The van der Waals surface area contributed by atoms with Crippen LogP contribution in [-0.2, 0) is 0 Å². The van der Waals surface area contributed by atoms with Crippen LogP contribution in [0.3, 0.4) is 0 Å². The van der Waals surface area contributed by atoms with E-state index >= 15 is 0 Å². The fraction of sp³-hybridized carbons (Fsp3) is 0.667. The van der Waals surface area contributed by atoms with Crippen molar-refractivity contribution in [1.82, 2.24) is 24.5 Å². The molecular weight excluding hydrogens is 264 g/mol. The van der Waals surface area contributed by atoms with Crippen molar-refractivity contribution < 1.29 is 0 Å². The number of fused-ring (bicyclic) bond motifs is 1. The summed E-state index contributed by atoms with van der Waals surface area (Å²) in [6.45, 7) is 8.90. The van der Waals surface area contributed by atoms with Gasteiger partial charge in [0.05, 0.1) is 0 Å². The Morgan fingerprint density at radius 3 is 2.90 bits per heavy atom. The second-order valence-electron chi connectivity index (χ2n) is 6.10. The van der Waals surface area contributed by atoms with Crippen LogP contribution < -0.4 is 5.32 Å². The Morgan fingerprint density at radius 2 is 2.10 bits per heavy atom. The number of nitrogens with one attached hydrogen (secondary N) is 1. The highest BCUT2D eigenvalue weighted by Gasteiger charge is 2.14. The molecular formula is C15H24N6. The Morgan fingerprint density at radius 1 is 1.29 bits per heavy atom. The molecule has 0 bridgehead atoms. The summed E-state index contributed by atoms with van der Waals surface area (Å²) in [6.07, 6.45) is 5.64. The van der Waals surface area contributed by atoms with Gasteiger partial charge >= 0.3 is 0 Å². The first-order valence-corrected chi connectivity index (χ1v) is 7.86. The molecule has 1 saturated heterocycles. The van der Waals surface area contributed by atoms with Gasteiger partial charge in [0.1, 0.15) is 12.1 Å². The van der Waals surface area contributed by atoms with Crippen molar-refractivity contribution in [3.8, 4) is 0 Å². The predicted octanol–water partition coefficient (Wildman–Crippen LogP) is 1.97. The monoisotopic (exact) mass is 288 g/mol. The van der Waals surface area contributed by atoms with Crippen LogP contribution in [0.15, 0.2) is 12.4 Å². The Balaban J connectivity index is 1.59. The zero-order valence-electron chi connectivity index (χ0n) is 12.9. The van der Waals surface area contributed by atoms with E-state index < -0.39 is 0 Å². The molecule has 1 fully saturated rings. The van der Waals surface area contributed by atoms with E-state index in [4.69, 9.17) is 0 Å². The average molecular weight is 288 g/mol. The van der Waals surface area contributed by atoms with Crippen LogP contribution in [0.5, 0.6) is 0 Å². The first-order valence-electron chi connectivity index (χ1n) is 7.86. The summed E-state index contributed by atoms with van der Waals surface area (Å²) in [5, 5.41) is 7.72. The first-order chi connectivity index (χ1) is 10.2. The maximum absolute atomic E-state index is 4.36. The molecule has 6 nitrogen and oxygen atoms in total. The molecule has 0 amide bonds. The lowest BCUT2D eigenvalue weighted by Crippen LogP contribution is -2.35. The number of rotatable bonds is 5. The minimum atomic E-state index is 0.607. The molecule has 1 aliphatic rings. The third-order valence-corrected chi connectivity index (χ3v) is 4.03. The maximum Gasteiger partial charge on any atom is 0.254 e. The van der Waals surface area contributed by atoms with Crippen molar-refractivity contribution in [3.63, 3.8) is 0 Å². The molecule has 1 N–H and O–H groups in total. The minimum absolute atomic E-state index is 0.607. The number of hydrogen-bond acceptors (Lipinski definition) is 5. The third kappa shape index (κ3) is 3.50. The van der Waals surface area contributed by atoms with Gasteiger partial charge in [-0.05, 0) is 38.8 Å². The molecule has 21 heavy (non-hydrogen) atoms. The van der Waals surface area contributed by atoms with E-state index in [0.717, 1.165) is 24.6 Å². The first kappa shape index (κ1) is 14.3. The Bertz CT molecular complexity index is 587. The maximum atomic E-state index is 4.36. The molecule has 0 saturated carbocycles. The van der Waals surface area contributed by atoms with Crippen LogP contribution in [0.25, 0.3) is 5.78 Å². The third-order valence-electron chi connectivity index (χ3n) is 4.03. The summed E-state index contributed by atoms with van der Waals surface area (Å²) in [5.74, 6) is 2.23. The second-order valence-corrected chi connectivity index (χ2v) is 6.10. The lowest BCUT2D eigenvalue weighted by Gasteiger charge is -2.29. The van der Waals surface area contributed by atoms with Crippen molar-refractivity contribution in [3.05, 3.63) is 18.1 Å². The van der Waals surface area contributed by atoms with E-state index in [0.29, 0.717) is 11.7 Å². The van der Waals surface area contributed by atoms with Gasteiger partial charge in [0, 0.05) is 24.8 Å². The lowest BCUT2D eigenvalue weighted by atomic mass is 10.1. The molecule has 0 spiro atoms. The number of aromatic nitrogens is 4. The summed E-state index contributed by atoms with van der Waals surface area (Å²) in [5.41, 5.74) is 0.960. The van der Waals surface area contributed by atoms with Gasteiger partial charge in [-0.2, -0.15) is 14.6 Å². The molecule has 3 heterocycles. The highest BCUT2D eigenvalue weighted by Crippen LogP contribution is 2.13. The van der Waals surface area contributed by atoms with Crippen LogP contribution in [0.1, 0.15) is 31.9 Å². The fourth-order valence-corrected chi connectivity index (χ4v) is 2.98. The van der Waals surface area contributed by atoms with Crippen LogP contribution in [0.4, 0.5) is 5.82 Å². The number of anilines is 1. The topological polar surface area (TPSA) is 58.4 Å². The molecule has 0 aromatic carbocycles. The quantitative estimate of drug-likeness (QED) is 0.911. The predicted molar refractivity (Wildman–Crippen MR) is 83.5 cm³/mol. The van der Waals surface area contributed by atoms with Crippen molar-refractivity contribution in [2.45, 2.75) is 33.1 Å². The van der Waals surface area contributed by atoms with Crippen molar-refractivity contribution in [2.24, 2.45) is 5.92 Å². The molecule has 2 aromatic heterocycles. The van der Waals surface area contributed by atoms with Crippen molar-refractivity contribution in [1.29, 1.82) is 0 Å². The van der Waals surface area contributed by atoms with Crippen LogP contribution >= 0.6 is 0 Å². The standard InChI is InChI=1S/C15H24N6/c1-12(10-20-6-4-3-5-7-20)9-16-14-8-13(2)19-15-17-11-18-21(14)15/h8,11-12,16H,3-7,9-10H2,1-2H3. The molecule has 0 radical (unpaired) electrons. The van der Waals surface area contributed by atoms with Gasteiger partial charge < -0.3 is 10.2 Å². The van der Waals surface area contributed by atoms with Crippen LogP contribution in [-0.4, -0.2) is 50.7 Å². The molecule has 1 aliphatic heterocycles.